The molecule has 0 radical (unpaired) electrons. The van der Waals surface area contributed by atoms with Gasteiger partial charge in [0.1, 0.15) is 17.0 Å². The van der Waals surface area contributed by atoms with Crippen molar-refractivity contribution in [3.05, 3.63) is 73.1 Å². The first-order valence-electron chi connectivity index (χ1n) is 12.1. The summed E-state index contributed by atoms with van der Waals surface area (Å²) in [6.45, 7) is 4.00. The number of aromatic nitrogens is 7. The number of hydrogen-bond donors (Lipinski definition) is 3. The predicted octanol–water partition coefficient (Wildman–Crippen LogP) is 5.75. The zero-order valence-electron chi connectivity index (χ0n) is 20.7. The highest BCUT2D eigenvalue weighted by molar-refractivity contribution is 5.97. The molecule has 10 heteroatoms. The molecule has 38 heavy (non-hydrogen) atoms. The number of aromatic amines is 2. The van der Waals surface area contributed by atoms with E-state index in [0.717, 1.165) is 27.5 Å². The highest BCUT2D eigenvalue weighted by atomic mass is 19.1. The number of carbonyl (C=O) groups excluding carboxylic acids is 1. The Hall–Kier alpha value is -4.99. The molecule has 6 aromatic rings. The molecule has 1 aromatic carbocycles. The number of pyridine rings is 3. The molecule has 6 rings (SSSR count). The van der Waals surface area contributed by atoms with Gasteiger partial charge in [0.15, 0.2) is 5.82 Å². The molecule has 0 aliphatic heterocycles. The van der Waals surface area contributed by atoms with E-state index in [0.29, 0.717) is 40.5 Å². The molecule has 9 nitrogen and oxygen atoms in total. The molecule has 5 aromatic heterocycles. The fourth-order valence-corrected chi connectivity index (χ4v) is 4.35. The van der Waals surface area contributed by atoms with Gasteiger partial charge in [-0.25, -0.2) is 9.37 Å². The number of rotatable bonds is 6. The largest absolute Gasteiger partial charge is 0.336 e. The van der Waals surface area contributed by atoms with E-state index >= 15 is 0 Å². The van der Waals surface area contributed by atoms with Crippen LogP contribution >= 0.6 is 0 Å². The van der Waals surface area contributed by atoms with Gasteiger partial charge in [0.2, 0.25) is 5.91 Å². The Bertz CT molecular complexity index is 1790. The number of imidazole rings is 1. The lowest BCUT2D eigenvalue weighted by atomic mass is 10.1. The number of benzene rings is 1. The Morgan fingerprint density at radius 3 is 2.63 bits per heavy atom. The number of H-pyrrole nitrogens is 2. The van der Waals surface area contributed by atoms with Gasteiger partial charge in [0.05, 0.1) is 40.5 Å². The van der Waals surface area contributed by atoms with Gasteiger partial charge in [-0.3, -0.25) is 24.8 Å². The molecular weight excluding hydrogens is 483 g/mol. The summed E-state index contributed by atoms with van der Waals surface area (Å²) in [6, 6.07) is 11.8. The molecule has 3 N–H and O–H groups in total. The van der Waals surface area contributed by atoms with Crippen LogP contribution in [0.2, 0.25) is 0 Å². The van der Waals surface area contributed by atoms with E-state index in [9.17, 15) is 9.18 Å². The van der Waals surface area contributed by atoms with Crippen molar-refractivity contribution in [2.45, 2.75) is 20.3 Å². The number of fused-ring (bicyclic) bond motifs is 2. The molecule has 0 bridgehead atoms. The third-order valence-electron chi connectivity index (χ3n) is 6.10. The minimum atomic E-state index is -0.310. The van der Waals surface area contributed by atoms with E-state index in [2.05, 4.69) is 35.5 Å². The van der Waals surface area contributed by atoms with Crippen LogP contribution in [0, 0.1) is 11.7 Å². The molecule has 188 valence electrons. The molecule has 1 amide bonds. The average molecular weight is 507 g/mol. The highest BCUT2D eigenvalue weighted by Crippen LogP contribution is 2.32. The number of nitrogens with one attached hydrogen (secondary N) is 3. The van der Waals surface area contributed by atoms with E-state index < -0.39 is 0 Å². The normalized spacial score (nSPS) is 11.5. The summed E-state index contributed by atoms with van der Waals surface area (Å²) >= 11 is 0. The second-order valence-corrected chi connectivity index (χ2v) is 9.44. The number of halogens is 1. The minimum absolute atomic E-state index is 0.0566. The smallest absolute Gasteiger partial charge is 0.224 e. The van der Waals surface area contributed by atoms with Crippen molar-refractivity contribution in [3.63, 3.8) is 0 Å². The summed E-state index contributed by atoms with van der Waals surface area (Å²) in [4.78, 5) is 33.7. The van der Waals surface area contributed by atoms with Crippen LogP contribution in [0.3, 0.4) is 0 Å². The van der Waals surface area contributed by atoms with Crippen LogP contribution in [0.1, 0.15) is 20.3 Å². The highest BCUT2D eigenvalue weighted by Gasteiger charge is 2.17. The number of anilines is 1. The SMILES string of the molecule is CC(C)CC(=O)Nc1cncc(-c2cc3c(-c4nc5c(-c6ccc(F)cc6)nccc5[nH]4)n[nH]c3cn2)c1. The molecule has 0 saturated carbocycles. The average Bonchev–Trinajstić information content (AvgIpc) is 3.52. The summed E-state index contributed by atoms with van der Waals surface area (Å²) in [7, 11) is 0. The van der Waals surface area contributed by atoms with Crippen molar-refractivity contribution in [1.29, 1.82) is 0 Å². The number of amides is 1. The van der Waals surface area contributed by atoms with Gasteiger partial charge in [-0.2, -0.15) is 5.10 Å². The zero-order chi connectivity index (χ0) is 26.2. The van der Waals surface area contributed by atoms with E-state index in [1.54, 1.807) is 36.9 Å². The molecule has 0 saturated heterocycles. The van der Waals surface area contributed by atoms with Gasteiger partial charge in [-0.15, -0.1) is 0 Å². The maximum atomic E-state index is 13.5. The lowest BCUT2D eigenvalue weighted by molar-refractivity contribution is -0.116. The van der Waals surface area contributed by atoms with Gasteiger partial charge in [0.25, 0.3) is 0 Å². The number of nitrogens with zero attached hydrogens (tertiary/aromatic N) is 5. The van der Waals surface area contributed by atoms with Gasteiger partial charge in [0, 0.05) is 35.3 Å². The molecule has 0 aliphatic carbocycles. The fraction of sp³-hybridized carbons (Fsp3) is 0.143. The minimum Gasteiger partial charge on any atom is -0.336 e. The van der Waals surface area contributed by atoms with Gasteiger partial charge >= 0.3 is 0 Å². The summed E-state index contributed by atoms with van der Waals surface area (Å²) < 4.78 is 13.5. The summed E-state index contributed by atoms with van der Waals surface area (Å²) in [5.41, 5.74) is 6.28. The molecular formula is C28H23FN8O. The molecule has 5 heterocycles. The van der Waals surface area contributed by atoms with E-state index in [1.807, 2.05) is 32.0 Å². The number of carbonyl (C=O) groups is 1. The molecule has 0 fully saturated rings. The van der Waals surface area contributed by atoms with Gasteiger partial charge in [-0.05, 0) is 48.4 Å². The lowest BCUT2D eigenvalue weighted by Gasteiger charge is -2.08. The quantitative estimate of drug-likeness (QED) is 0.264. The van der Waals surface area contributed by atoms with Crippen molar-refractivity contribution in [2.75, 3.05) is 5.32 Å². The van der Waals surface area contributed by atoms with Crippen LogP contribution in [-0.2, 0) is 4.79 Å². The molecule has 0 unspecified atom stereocenters. The van der Waals surface area contributed by atoms with Crippen LogP contribution in [0.4, 0.5) is 10.1 Å². The van der Waals surface area contributed by atoms with Crippen molar-refractivity contribution >= 4 is 33.5 Å². The molecule has 0 spiro atoms. The summed E-state index contributed by atoms with van der Waals surface area (Å²) in [6.07, 6.45) is 7.15. The van der Waals surface area contributed by atoms with Gasteiger partial charge in [-0.1, -0.05) is 13.8 Å². The van der Waals surface area contributed by atoms with Crippen LogP contribution in [0.5, 0.6) is 0 Å². The molecule has 0 atom stereocenters. The third kappa shape index (κ3) is 4.47. The van der Waals surface area contributed by atoms with Crippen molar-refractivity contribution in [3.8, 4) is 34.0 Å². The van der Waals surface area contributed by atoms with E-state index in [1.165, 1.54) is 12.1 Å². The Kier molecular flexibility index (Phi) is 5.83. The van der Waals surface area contributed by atoms with Crippen molar-refractivity contribution in [2.24, 2.45) is 5.92 Å². The predicted molar refractivity (Wildman–Crippen MR) is 143 cm³/mol. The summed E-state index contributed by atoms with van der Waals surface area (Å²) in [5, 5.41) is 11.2. The second kappa shape index (κ2) is 9.47. The maximum absolute atomic E-state index is 13.5. The third-order valence-corrected chi connectivity index (χ3v) is 6.10. The topological polar surface area (TPSA) is 125 Å². The van der Waals surface area contributed by atoms with Crippen molar-refractivity contribution in [1.82, 2.24) is 35.1 Å². The maximum Gasteiger partial charge on any atom is 0.224 e. The van der Waals surface area contributed by atoms with Gasteiger partial charge < -0.3 is 10.3 Å². The standard InChI is InChI=1S/C28H23FN8O/c1-15(2)9-24(38)33-19-10-17(12-30-13-19)22-11-20-23(14-32-22)36-37-26(20)28-34-21-7-8-31-25(27(21)35-28)16-3-5-18(29)6-4-16/h3-8,10-15H,9H2,1-2H3,(H,33,38)(H,34,35)(H,36,37). The van der Waals surface area contributed by atoms with Crippen LogP contribution in [0.15, 0.2) is 67.3 Å². The Labute approximate surface area is 216 Å². The first-order chi connectivity index (χ1) is 18.4. The Morgan fingerprint density at radius 1 is 0.974 bits per heavy atom. The first kappa shape index (κ1) is 23.4. The Morgan fingerprint density at radius 2 is 1.82 bits per heavy atom. The van der Waals surface area contributed by atoms with Crippen LogP contribution in [0.25, 0.3) is 56.0 Å². The lowest BCUT2D eigenvalue weighted by Crippen LogP contribution is -2.13. The fourth-order valence-electron chi connectivity index (χ4n) is 4.35. The molecule has 0 aliphatic rings. The van der Waals surface area contributed by atoms with Crippen molar-refractivity contribution < 1.29 is 9.18 Å². The first-order valence-corrected chi connectivity index (χ1v) is 12.1. The zero-order valence-corrected chi connectivity index (χ0v) is 20.7. The van der Waals surface area contributed by atoms with E-state index in [-0.39, 0.29) is 17.6 Å². The van der Waals surface area contributed by atoms with E-state index in [4.69, 9.17) is 4.98 Å². The number of hydrogen-bond acceptors (Lipinski definition) is 6. The summed E-state index contributed by atoms with van der Waals surface area (Å²) in [5.74, 6) is 0.455. The van der Waals surface area contributed by atoms with Crippen LogP contribution < -0.4 is 5.32 Å². The second-order valence-electron chi connectivity index (χ2n) is 9.44. The Balaban J connectivity index is 1.38. The van der Waals surface area contributed by atoms with Crippen LogP contribution in [-0.4, -0.2) is 41.0 Å². The monoisotopic (exact) mass is 506 g/mol.